The lowest BCUT2D eigenvalue weighted by atomic mass is 10.1. The van der Waals surface area contributed by atoms with Crippen molar-refractivity contribution in [1.82, 2.24) is 0 Å². The molecule has 12 heavy (non-hydrogen) atoms. The van der Waals surface area contributed by atoms with Crippen LogP contribution < -0.4 is 0 Å². The van der Waals surface area contributed by atoms with Crippen molar-refractivity contribution in [2.75, 3.05) is 0 Å². The van der Waals surface area contributed by atoms with E-state index in [1.165, 1.54) is 6.08 Å². The summed E-state index contributed by atoms with van der Waals surface area (Å²) in [4.78, 5) is 19.8. The van der Waals surface area contributed by atoms with Gasteiger partial charge in [0.05, 0.1) is 0 Å². The van der Waals surface area contributed by atoms with Gasteiger partial charge in [-0.15, -0.1) is 0 Å². The Morgan fingerprint density at radius 2 is 1.50 bits per heavy atom. The van der Waals surface area contributed by atoms with E-state index in [9.17, 15) is 9.59 Å². The van der Waals surface area contributed by atoms with E-state index in [0.29, 0.717) is 6.42 Å². The smallest absolute Gasteiger partial charge is 0.142 e. The van der Waals surface area contributed by atoms with Crippen molar-refractivity contribution in [2.24, 2.45) is 0 Å². The van der Waals surface area contributed by atoms with Gasteiger partial charge in [0, 0.05) is 6.42 Å². The Bertz CT molecular complexity index is 139. The second kappa shape index (κ2) is 10.1. The average molecular weight is 168 g/mol. The molecule has 0 radical (unpaired) electrons. The minimum Gasteiger partial charge on any atom is -0.303 e. The van der Waals surface area contributed by atoms with Crippen LogP contribution in [0.5, 0.6) is 0 Å². The maximum atomic E-state index is 9.93. The van der Waals surface area contributed by atoms with Crippen LogP contribution in [0, 0.1) is 0 Å². The maximum absolute atomic E-state index is 9.93. The monoisotopic (exact) mass is 168 g/mol. The summed E-state index contributed by atoms with van der Waals surface area (Å²) in [5.41, 5.74) is 0. The molecule has 0 bridgehead atoms. The zero-order valence-electron chi connectivity index (χ0n) is 7.37. The first-order valence-electron chi connectivity index (χ1n) is 4.45. The predicted molar refractivity (Wildman–Crippen MR) is 49.0 cm³/mol. The molecule has 0 saturated carbocycles. The molecule has 0 aliphatic rings. The molecule has 0 rings (SSSR count). The third-order valence-electron chi connectivity index (χ3n) is 1.66. The molecule has 68 valence electrons. The second-order valence-corrected chi connectivity index (χ2v) is 2.72. The van der Waals surface area contributed by atoms with Crippen molar-refractivity contribution in [3.05, 3.63) is 12.2 Å². The highest BCUT2D eigenvalue weighted by atomic mass is 16.1. The number of allylic oxidation sites excluding steroid dienone is 2. The van der Waals surface area contributed by atoms with Crippen LogP contribution in [0.15, 0.2) is 12.2 Å². The number of carbonyl (C=O) groups is 2. The molecular weight excluding hydrogens is 152 g/mol. The van der Waals surface area contributed by atoms with Gasteiger partial charge in [0.25, 0.3) is 0 Å². The van der Waals surface area contributed by atoms with Crippen LogP contribution in [-0.2, 0) is 9.59 Å². The van der Waals surface area contributed by atoms with Crippen LogP contribution in [-0.4, -0.2) is 12.6 Å². The first-order valence-corrected chi connectivity index (χ1v) is 4.45. The summed E-state index contributed by atoms with van der Waals surface area (Å²) in [7, 11) is 0. The van der Waals surface area contributed by atoms with Gasteiger partial charge < -0.3 is 4.79 Å². The molecule has 2 heteroatoms. The number of aldehydes is 2. The van der Waals surface area contributed by atoms with Gasteiger partial charge in [-0.05, 0) is 25.3 Å². The van der Waals surface area contributed by atoms with Crippen LogP contribution in [0.1, 0.15) is 38.5 Å². The van der Waals surface area contributed by atoms with Crippen molar-refractivity contribution in [1.29, 1.82) is 0 Å². The van der Waals surface area contributed by atoms with Crippen LogP contribution in [0.2, 0.25) is 0 Å². The van der Waals surface area contributed by atoms with Gasteiger partial charge >= 0.3 is 0 Å². The second-order valence-electron chi connectivity index (χ2n) is 2.72. The lowest BCUT2D eigenvalue weighted by molar-refractivity contribution is -0.108. The maximum Gasteiger partial charge on any atom is 0.142 e. The Balaban J connectivity index is 2.95. The summed E-state index contributed by atoms with van der Waals surface area (Å²) in [6.45, 7) is 0. The largest absolute Gasteiger partial charge is 0.303 e. The van der Waals surface area contributed by atoms with Gasteiger partial charge in [0.1, 0.15) is 12.6 Å². The van der Waals surface area contributed by atoms with E-state index < -0.39 is 0 Å². The van der Waals surface area contributed by atoms with Gasteiger partial charge in [0.15, 0.2) is 0 Å². The minimum absolute atomic E-state index is 0.685. The fraction of sp³-hybridized carbons (Fsp3) is 0.600. The summed E-state index contributed by atoms with van der Waals surface area (Å²) < 4.78 is 0. The van der Waals surface area contributed by atoms with E-state index in [-0.39, 0.29) is 0 Å². The van der Waals surface area contributed by atoms with Gasteiger partial charge in [0.2, 0.25) is 0 Å². The molecular formula is C10H16O2. The van der Waals surface area contributed by atoms with Gasteiger partial charge in [-0.1, -0.05) is 18.9 Å². The number of rotatable bonds is 8. The van der Waals surface area contributed by atoms with Gasteiger partial charge in [-0.25, -0.2) is 0 Å². The van der Waals surface area contributed by atoms with Crippen LogP contribution in [0.4, 0.5) is 0 Å². The van der Waals surface area contributed by atoms with E-state index in [4.69, 9.17) is 0 Å². The normalized spacial score (nSPS) is 10.3. The van der Waals surface area contributed by atoms with E-state index in [1.54, 1.807) is 0 Å². The quantitative estimate of drug-likeness (QED) is 0.316. The standard InChI is InChI=1S/C10H16O2/c11-9-7-5-3-1-2-4-6-8-10-12/h5,7,9-10H,1-4,6,8H2. The third-order valence-corrected chi connectivity index (χ3v) is 1.66. The number of unbranched alkanes of at least 4 members (excludes halogenated alkanes) is 5. The molecule has 0 fully saturated rings. The van der Waals surface area contributed by atoms with Crippen LogP contribution in [0.3, 0.4) is 0 Å². The Morgan fingerprint density at radius 1 is 0.833 bits per heavy atom. The molecule has 0 aromatic carbocycles. The highest BCUT2D eigenvalue weighted by Gasteiger charge is 1.87. The van der Waals surface area contributed by atoms with Crippen LogP contribution in [0.25, 0.3) is 0 Å². The first kappa shape index (κ1) is 11.1. The lowest BCUT2D eigenvalue weighted by Gasteiger charge is -1.94. The SMILES string of the molecule is O=CC=CCCCCCCC=O. The molecule has 0 N–H and O–H groups in total. The highest BCUT2D eigenvalue weighted by Crippen LogP contribution is 2.04. The Labute approximate surface area is 73.7 Å². The fourth-order valence-electron chi connectivity index (χ4n) is 0.995. The van der Waals surface area contributed by atoms with Crippen molar-refractivity contribution in [3.63, 3.8) is 0 Å². The Hall–Kier alpha value is -0.920. The molecule has 0 unspecified atom stereocenters. The predicted octanol–water partition coefficient (Wildman–Crippen LogP) is 2.28. The van der Waals surface area contributed by atoms with Crippen LogP contribution >= 0.6 is 0 Å². The zero-order valence-corrected chi connectivity index (χ0v) is 7.37. The molecule has 0 aromatic rings. The van der Waals surface area contributed by atoms with Gasteiger partial charge in [-0.3, -0.25) is 4.79 Å². The highest BCUT2D eigenvalue weighted by molar-refractivity contribution is 5.64. The first-order chi connectivity index (χ1) is 5.91. The van der Waals surface area contributed by atoms with Crippen molar-refractivity contribution < 1.29 is 9.59 Å². The van der Waals surface area contributed by atoms with E-state index >= 15 is 0 Å². The molecule has 0 aliphatic heterocycles. The van der Waals surface area contributed by atoms with Crippen molar-refractivity contribution >= 4 is 12.6 Å². The third kappa shape index (κ3) is 9.08. The molecule has 0 aliphatic carbocycles. The Morgan fingerprint density at radius 3 is 2.08 bits per heavy atom. The summed E-state index contributed by atoms with van der Waals surface area (Å²) in [5, 5.41) is 0. The summed E-state index contributed by atoms with van der Waals surface area (Å²) in [6.07, 6.45) is 11.2. The molecule has 0 spiro atoms. The molecule has 0 heterocycles. The van der Waals surface area contributed by atoms with Crippen molar-refractivity contribution in [2.45, 2.75) is 38.5 Å². The van der Waals surface area contributed by atoms with E-state index in [0.717, 1.165) is 44.7 Å². The van der Waals surface area contributed by atoms with E-state index in [1.807, 2.05) is 6.08 Å². The molecule has 0 saturated heterocycles. The minimum atomic E-state index is 0.685. The number of hydrogen-bond donors (Lipinski definition) is 0. The Kier molecular flexibility index (Phi) is 9.31. The zero-order chi connectivity index (χ0) is 9.07. The molecule has 2 nitrogen and oxygen atoms in total. The topological polar surface area (TPSA) is 34.1 Å². The fourth-order valence-corrected chi connectivity index (χ4v) is 0.995. The van der Waals surface area contributed by atoms with E-state index in [2.05, 4.69) is 0 Å². The summed E-state index contributed by atoms with van der Waals surface area (Å²) in [6, 6.07) is 0. The van der Waals surface area contributed by atoms with Gasteiger partial charge in [-0.2, -0.15) is 0 Å². The number of carbonyl (C=O) groups excluding carboxylic acids is 2. The lowest BCUT2D eigenvalue weighted by Crippen LogP contribution is -1.79. The average Bonchev–Trinajstić information content (AvgIpc) is 2.10. The summed E-state index contributed by atoms with van der Waals surface area (Å²) >= 11 is 0. The molecule has 0 aromatic heterocycles. The summed E-state index contributed by atoms with van der Waals surface area (Å²) in [5.74, 6) is 0. The molecule has 0 amide bonds. The number of hydrogen-bond acceptors (Lipinski definition) is 2. The molecule has 0 atom stereocenters. The van der Waals surface area contributed by atoms with Crippen molar-refractivity contribution in [3.8, 4) is 0 Å².